The van der Waals surface area contributed by atoms with Crippen molar-refractivity contribution in [2.75, 3.05) is 13.1 Å². The number of carbonyl (C=O) groups excluding carboxylic acids is 1. The summed E-state index contributed by atoms with van der Waals surface area (Å²) in [6.07, 6.45) is 2.03. The first kappa shape index (κ1) is 18.7. The van der Waals surface area contributed by atoms with Gasteiger partial charge in [0.25, 0.3) is 5.69 Å². The Hall–Kier alpha value is -1.63. The highest BCUT2D eigenvalue weighted by Crippen LogP contribution is 2.29. The summed E-state index contributed by atoms with van der Waals surface area (Å²) in [7, 11) is 0. The number of benzene rings is 1. The molecule has 0 saturated carbocycles. The number of rotatable bonds is 3. The van der Waals surface area contributed by atoms with Gasteiger partial charge in [-0.3, -0.25) is 10.1 Å². The second kappa shape index (κ2) is 7.51. The number of piperidine rings is 1. The van der Waals surface area contributed by atoms with E-state index in [1.807, 2.05) is 32.9 Å². The maximum absolute atomic E-state index is 12.1. The lowest BCUT2D eigenvalue weighted by atomic mass is 9.89. The normalized spacial score (nSPS) is 16.1. The molecule has 0 spiro atoms. The number of nitrogens with zero attached hydrogens (tertiary/aromatic N) is 2. The van der Waals surface area contributed by atoms with Gasteiger partial charge in [-0.1, -0.05) is 22.0 Å². The summed E-state index contributed by atoms with van der Waals surface area (Å²) < 4.78 is 6.09. The minimum Gasteiger partial charge on any atom is -0.444 e. The molecule has 24 heavy (non-hydrogen) atoms. The van der Waals surface area contributed by atoms with Crippen LogP contribution in [0.5, 0.6) is 0 Å². The quantitative estimate of drug-likeness (QED) is 0.552. The Labute approximate surface area is 150 Å². The molecule has 1 saturated heterocycles. The van der Waals surface area contributed by atoms with Crippen molar-refractivity contribution in [1.29, 1.82) is 0 Å². The van der Waals surface area contributed by atoms with Crippen LogP contribution in [0.4, 0.5) is 10.5 Å². The fraction of sp³-hybridized carbons (Fsp3) is 0.588. The molecule has 132 valence electrons. The van der Waals surface area contributed by atoms with Crippen LogP contribution >= 0.6 is 15.9 Å². The van der Waals surface area contributed by atoms with Gasteiger partial charge in [-0.2, -0.15) is 0 Å². The second-order valence-electron chi connectivity index (χ2n) is 7.15. The van der Waals surface area contributed by atoms with Crippen LogP contribution in [-0.4, -0.2) is 34.6 Å². The molecular formula is C17H23BrN2O4. The summed E-state index contributed by atoms with van der Waals surface area (Å²) in [4.78, 5) is 24.7. The summed E-state index contributed by atoms with van der Waals surface area (Å²) >= 11 is 3.27. The van der Waals surface area contributed by atoms with Gasteiger partial charge < -0.3 is 9.64 Å². The monoisotopic (exact) mass is 398 g/mol. The molecule has 1 aliphatic rings. The van der Waals surface area contributed by atoms with Crippen LogP contribution in [0.25, 0.3) is 0 Å². The maximum Gasteiger partial charge on any atom is 0.410 e. The van der Waals surface area contributed by atoms with Crippen LogP contribution in [0.3, 0.4) is 0 Å². The zero-order chi connectivity index (χ0) is 17.9. The maximum atomic E-state index is 12.1. The zero-order valence-corrected chi connectivity index (χ0v) is 15.8. The molecule has 1 heterocycles. The average Bonchev–Trinajstić information content (AvgIpc) is 2.48. The molecule has 1 amide bonds. The van der Waals surface area contributed by atoms with Crippen molar-refractivity contribution < 1.29 is 14.5 Å². The molecule has 1 fully saturated rings. The highest BCUT2D eigenvalue weighted by atomic mass is 79.9. The molecule has 0 aromatic heterocycles. The molecule has 0 N–H and O–H groups in total. The van der Waals surface area contributed by atoms with E-state index in [9.17, 15) is 14.9 Å². The van der Waals surface area contributed by atoms with E-state index in [0.29, 0.717) is 29.9 Å². The fourth-order valence-corrected chi connectivity index (χ4v) is 3.19. The van der Waals surface area contributed by atoms with E-state index in [-0.39, 0.29) is 16.7 Å². The van der Waals surface area contributed by atoms with Gasteiger partial charge in [0, 0.05) is 29.2 Å². The van der Waals surface area contributed by atoms with Crippen molar-refractivity contribution in [2.24, 2.45) is 5.92 Å². The lowest BCUT2D eigenvalue weighted by molar-refractivity contribution is -0.385. The minimum atomic E-state index is -0.494. The van der Waals surface area contributed by atoms with E-state index in [1.165, 1.54) is 0 Å². The molecule has 0 radical (unpaired) electrons. The average molecular weight is 399 g/mol. The number of halogens is 1. The topological polar surface area (TPSA) is 72.7 Å². The molecule has 6 nitrogen and oxygen atoms in total. The van der Waals surface area contributed by atoms with Gasteiger partial charge in [0.2, 0.25) is 0 Å². The largest absolute Gasteiger partial charge is 0.444 e. The van der Waals surface area contributed by atoms with Gasteiger partial charge in [0.15, 0.2) is 0 Å². The molecule has 0 aliphatic carbocycles. The molecular weight excluding hydrogens is 376 g/mol. The van der Waals surface area contributed by atoms with Crippen LogP contribution in [0.15, 0.2) is 22.7 Å². The van der Waals surface area contributed by atoms with E-state index in [4.69, 9.17) is 4.74 Å². The van der Waals surface area contributed by atoms with Crippen molar-refractivity contribution in [3.8, 4) is 0 Å². The van der Waals surface area contributed by atoms with Crippen LogP contribution in [-0.2, 0) is 11.2 Å². The van der Waals surface area contributed by atoms with Crippen LogP contribution < -0.4 is 0 Å². The smallest absolute Gasteiger partial charge is 0.410 e. The number of amides is 1. The van der Waals surface area contributed by atoms with Crippen molar-refractivity contribution in [3.05, 3.63) is 38.3 Å². The van der Waals surface area contributed by atoms with Crippen LogP contribution in [0.1, 0.15) is 39.2 Å². The lowest BCUT2D eigenvalue weighted by Gasteiger charge is -2.33. The predicted molar refractivity (Wildman–Crippen MR) is 95.0 cm³/mol. The molecule has 0 unspecified atom stereocenters. The molecule has 7 heteroatoms. The van der Waals surface area contributed by atoms with Crippen molar-refractivity contribution in [2.45, 2.75) is 45.6 Å². The Morgan fingerprint density at radius 3 is 2.54 bits per heavy atom. The Balaban J connectivity index is 1.94. The van der Waals surface area contributed by atoms with Gasteiger partial charge in [-0.05, 0) is 52.0 Å². The number of carbonyl (C=O) groups is 1. The van der Waals surface area contributed by atoms with Crippen molar-refractivity contribution in [3.63, 3.8) is 0 Å². The molecule has 1 aromatic carbocycles. The number of likely N-dealkylation sites (tertiary alicyclic amines) is 1. The Morgan fingerprint density at radius 1 is 1.38 bits per heavy atom. The summed E-state index contributed by atoms with van der Waals surface area (Å²) in [5, 5.41) is 11.2. The third-order valence-corrected chi connectivity index (χ3v) is 4.51. The SMILES string of the molecule is CC(C)(C)OC(=O)N1CCC(Cc2ccc(Br)cc2[N+](=O)[O-])CC1. The van der Waals surface area contributed by atoms with Gasteiger partial charge in [0.1, 0.15) is 5.60 Å². The Kier molecular flexibility index (Phi) is 5.85. The standard InChI is InChI=1S/C17H23BrN2O4/c1-17(2,3)24-16(21)19-8-6-12(7-9-19)10-13-4-5-14(18)11-15(13)20(22)23/h4-5,11-12H,6-10H2,1-3H3. The Bertz CT molecular complexity index is 620. The summed E-state index contributed by atoms with van der Waals surface area (Å²) in [6, 6.07) is 5.19. The number of nitro groups is 1. The van der Waals surface area contributed by atoms with E-state index >= 15 is 0 Å². The van der Waals surface area contributed by atoms with Gasteiger partial charge in [-0.15, -0.1) is 0 Å². The fourth-order valence-electron chi connectivity index (χ4n) is 2.84. The number of nitro benzene ring substituents is 1. The first-order valence-corrected chi connectivity index (χ1v) is 8.86. The highest BCUT2D eigenvalue weighted by Gasteiger charge is 2.28. The first-order chi connectivity index (χ1) is 11.2. The predicted octanol–water partition coefficient (Wildman–Crippen LogP) is 4.55. The molecule has 2 rings (SSSR count). The third-order valence-electron chi connectivity index (χ3n) is 4.02. The van der Waals surface area contributed by atoms with Crippen molar-refractivity contribution in [1.82, 2.24) is 4.90 Å². The van der Waals surface area contributed by atoms with E-state index in [0.717, 1.165) is 18.4 Å². The summed E-state index contributed by atoms with van der Waals surface area (Å²) in [5.41, 5.74) is 0.407. The number of hydrogen-bond acceptors (Lipinski definition) is 4. The van der Waals surface area contributed by atoms with E-state index < -0.39 is 5.60 Å². The van der Waals surface area contributed by atoms with Gasteiger partial charge in [-0.25, -0.2) is 4.79 Å². The zero-order valence-electron chi connectivity index (χ0n) is 14.3. The summed E-state index contributed by atoms with van der Waals surface area (Å²) in [5.74, 6) is 0.337. The number of ether oxygens (including phenoxy) is 1. The highest BCUT2D eigenvalue weighted by molar-refractivity contribution is 9.10. The molecule has 0 atom stereocenters. The molecule has 0 bridgehead atoms. The van der Waals surface area contributed by atoms with Crippen LogP contribution in [0, 0.1) is 16.0 Å². The van der Waals surface area contributed by atoms with Gasteiger partial charge >= 0.3 is 6.09 Å². The summed E-state index contributed by atoms with van der Waals surface area (Å²) in [6.45, 7) is 6.81. The Morgan fingerprint density at radius 2 is 2.00 bits per heavy atom. The van der Waals surface area contributed by atoms with Gasteiger partial charge in [0.05, 0.1) is 4.92 Å². The molecule has 1 aromatic rings. The van der Waals surface area contributed by atoms with E-state index in [2.05, 4.69) is 15.9 Å². The second-order valence-corrected chi connectivity index (χ2v) is 8.06. The third kappa shape index (κ3) is 5.19. The van der Waals surface area contributed by atoms with Crippen molar-refractivity contribution >= 4 is 27.7 Å². The molecule has 1 aliphatic heterocycles. The number of hydrogen-bond donors (Lipinski definition) is 0. The lowest BCUT2D eigenvalue weighted by Crippen LogP contribution is -2.42. The minimum absolute atomic E-state index is 0.152. The van der Waals surface area contributed by atoms with Crippen LogP contribution in [0.2, 0.25) is 0 Å². The van der Waals surface area contributed by atoms with E-state index in [1.54, 1.807) is 11.0 Å². The first-order valence-electron chi connectivity index (χ1n) is 8.06.